The molecule has 0 aliphatic carbocycles. The van der Waals surface area contributed by atoms with Crippen molar-refractivity contribution in [2.45, 2.75) is 12.5 Å². The summed E-state index contributed by atoms with van der Waals surface area (Å²) in [5.74, 6) is -1.15. The maximum absolute atomic E-state index is 12.8. The van der Waals surface area contributed by atoms with Crippen LogP contribution in [0.4, 0.5) is 3.89 Å². The van der Waals surface area contributed by atoms with Gasteiger partial charge in [0.25, 0.3) is 0 Å². The van der Waals surface area contributed by atoms with Crippen LogP contribution in [-0.2, 0) is 15.0 Å². The molecule has 2 unspecified atom stereocenters. The van der Waals surface area contributed by atoms with E-state index >= 15 is 0 Å². The van der Waals surface area contributed by atoms with E-state index in [1.165, 1.54) is 0 Å². The van der Waals surface area contributed by atoms with Crippen LogP contribution in [0.2, 0.25) is 0 Å². The third-order valence-corrected chi connectivity index (χ3v) is 4.80. The summed E-state index contributed by atoms with van der Waals surface area (Å²) in [4.78, 5) is 15.7. The quantitative estimate of drug-likeness (QED) is 0.742. The second-order valence-corrected chi connectivity index (χ2v) is 7.38. The Morgan fingerprint density at radius 1 is 1.32 bits per heavy atom. The lowest BCUT2D eigenvalue weighted by atomic mass is 10.1. The highest BCUT2D eigenvalue weighted by Crippen LogP contribution is 2.25. The zero-order chi connectivity index (χ0) is 16.3. The summed E-state index contributed by atoms with van der Waals surface area (Å²) in [7, 11) is -0.676. The smallest absolute Gasteiger partial charge is 0.302 e. The van der Waals surface area contributed by atoms with Gasteiger partial charge in [-0.3, -0.25) is 4.79 Å². The van der Waals surface area contributed by atoms with Crippen LogP contribution in [-0.4, -0.2) is 57.1 Å². The molecule has 0 spiro atoms. The lowest BCUT2D eigenvalue weighted by molar-refractivity contribution is -0.128. The van der Waals surface area contributed by atoms with Gasteiger partial charge in [0, 0.05) is 25.4 Å². The summed E-state index contributed by atoms with van der Waals surface area (Å²) in [6.45, 7) is 0.762. The van der Waals surface area contributed by atoms with Gasteiger partial charge in [-0.2, -0.15) is 8.42 Å². The number of benzene rings is 1. The van der Waals surface area contributed by atoms with E-state index in [0.29, 0.717) is 13.1 Å². The van der Waals surface area contributed by atoms with Gasteiger partial charge < -0.3 is 9.80 Å². The number of nitrogens with zero attached hydrogens (tertiary/aromatic N) is 2. The Morgan fingerprint density at radius 2 is 1.95 bits per heavy atom. The normalized spacial score (nSPS) is 20.6. The summed E-state index contributed by atoms with van der Waals surface area (Å²) in [6.07, 6.45) is 0.0953. The first-order chi connectivity index (χ1) is 10.3. The average Bonchev–Trinajstić information content (AvgIpc) is 2.74. The summed E-state index contributed by atoms with van der Waals surface area (Å²) in [6, 6.07) is 9.82. The van der Waals surface area contributed by atoms with Crippen molar-refractivity contribution in [2.75, 3.05) is 32.9 Å². The number of carbonyl (C=O) groups is 1. The Morgan fingerprint density at radius 3 is 2.50 bits per heavy atom. The number of halogens is 1. The SMILES string of the molecule is CN(C)C(CN1CC(CS(=O)(=O)F)CC1=O)c1ccccc1. The number of likely N-dealkylation sites (tertiary alicyclic amines) is 1. The van der Waals surface area contributed by atoms with Crippen molar-refractivity contribution in [2.24, 2.45) is 5.92 Å². The predicted molar refractivity (Wildman–Crippen MR) is 82.5 cm³/mol. The highest BCUT2D eigenvalue weighted by Gasteiger charge is 2.34. The largest absolute Gasteiger partial charge is 0.340 e. The van der Waals surface area contributed by atoms with Gasteiger partial charge in [0.2, 0.25) is 5.91 Å². The fourth-order valence-electron chi connectivity index (χ4n) is 2.87. The zero-order valence-electron chi connectivity index (χ0n) is 12.8. The molecule has 2 atom stereocenters. The molecule has 0 bridgehead atoms. The third kappa shape index (κ3) is 4.51. The minimum absolute atomic E-state index is 0.0193. The second-order valence-electron chi connectivity index (χ2n) is 5.96. The molecule has 1 saturated heterocycles. The molecule has 122 valence electrons. The first kappa shape index (κ1) is 16.9. The number of rotatable bonds is 6. The van der Waals surface area contributed by atoms with Crippen molar-refractivity contribution in [3.8, 4) is 0 Å². The molecule has 1 fully saturated rings. The first-order valence-corrected chi connectivity index (χ1v) is 8.73. The fraction of sp³-hybridized carbons (Fsp3) is 0.533. The van der Waals surface area contributed by atoms with Crippen molar-refractivity contribution in [1.82, 2.24) is 9.80 Å². The summed E-state index contributed by atoms with van der Waals surface area (Å²) >= 11 is 0. The molecule has 1 aromatic rings. The lowest BCUT2D eigenvalue weighted by Gasteiger charge is -2.29. The van der Waals surface area contributed by atoms with Gasteiger partial charge in [-0.25, -0.2) is 0 Å². The Labute approximate surface area is 130 Å². The van der Waals surface area contributed by atoms with Crippen LogP contribution in [0, 0.1) is 5.92 Å². The zero-order valence-corrected chi connectivity index (χ0v) is 13.6. The molecule has 0 saturated carbocycles. The van der Waals surface area contributed by atoms with Crippen LogP contribution in [0.25, 0.3) is 0 Å². The van der Waals surface area contributed by atoms with E-state index < -0.39 is 21.9 Å². The molecule has 0 aromatic heterocycles. The molecule has 7 heteroatoms. The average molecular weight is 328 g/mol. The number of carbonyl (C=O) groups excluding carboxylic acids is 1. The van der Waals surface area contributed by atoms with E-state index in [0.717, 1.165) is 5.56 Å². The van der Waals surface area contributed by atoms with Crippen LogP contribution in [0.5, 0.6) is 0 Å². The van der Waals surface area contributed by atoms with E-state index in [9.17, 15) is 17.1 Å². The van der Waals surface area contributed by atoms with Gasteiger partial charge in [-0.05, 0) is 19.7 Å². The highest BCUT2D eigenvalue weighted by molar-refractivity contribution is 7.86. The minimum atomic E-state index is -4.54. The third-order valence-electron chi connectivity index (χ3n) is 3.93. The maximum atomic E-state index is 12.8. The van der Waals surface area contributed by atoms with Crippen LogP contribution in [0.3, 0.4) is 0 Å². The number of hydrogen-bond acceptors (Lipinski definition) is 4. The van der Waals surface area contributed by atoms with Gasteiger partial charge in [0.1, 0.15) is 0 Å². The molecule has 1 aliphatic rings. The van der Waals surface area contributed by atoms with Crippen LogP contribution in [0.15, 0.2) is 30.3 Å². The highest BCUT2D eigenvalue weighted by atomic mass is 32.3. The van der Waals surface area contributed by atoms with Crippen LogP contribution < -0.4 is 0 Å². The van der Waals surface area contributed by atoms with E-state index in [4.69, 9.17) is 0 Å². The Balaban J connectivity index is 2.06. The molecule has 0 N–H and O–H groups in total. The van der Waals surface area contributed by atoms with E-state index in [2.05, 4.69) is 0 Å². The van der Waals surface area contributed by atoms with Crippen molar-refractivity contribution in [3.63, 3.8) is 0 Å². The standard InChI is InChI=1S/C15H21FN2O3S/c1-17(2)14(13-6-4-3-5-7-13)10-18-9-12(8-15(18)19)11-22(16,20)21/h3-7,12,14H,8-11H2,1-2H3. The fourth-order valence-corrected chi connectivity index (χ4v) is 3.66. The van der Waals surface area contributed by atoms with Gasteiger partial charge in [0.05, 0.1) is 11.8 Å². The van der Waals surface area contributed by atoms with Gasteiger partial charge in [-0.15, -0.1) is 3.89 Å². The second kappa shape index (κ2) is 6.75. The Kier molecular flexibility index (Phi) is 5.18. The minimum Gasteiger partial charge on any atom is -0.340 e. The van der Waals surface area contributed by atoms with Gasteiger partial charge in [-0.1, -0.05) is 30.3 Å². The lowest BCUT2D eigenvalue weighted by Crippen LogP contribution is -2.36. The molecule has 2 rings (SSSR count). The Hall–Kier alpha value is -1.47. The molecular formula is C15H21FN2O3S. The summed E-state index contributed by atoms with van der Waals surface area (Å²) < 4.78 is 34.3. The van der Waals surface area contributed by atoms with Gasteiger partial charge >= 0.3 is 10.2 Å². The molecular weight excluding hydrogens is 307 g/mol. The van der Waals surface area contributed by atoms with Crippen LogP contribution in [0.1, 0.15) is 18.0 Å². The molecule has 1 aliphatic heterocycles. The number of amides is 1. The van der Waals surface area contributed by atoms with E-state index in [1.54, 1.807) is 4.90 Å². The van der Waals surface area contributed by atoms with E-state index in [-0.39, 0.29) is 18.4 Å². The number of likely N-dealkylation sites (N-methyl/N-ethyl adjacent to an activating group) is 1. The summed E-state index contributed by atoms with van der Waals surface area (Å²) in [5.41, 5.74) is 1.09. The topological polar surface area (TPSA) is 57.7 Å². The van der Waals surface area contributed by atoms with Crippen molar-refractivity contribution < 1.29 is 17.1 Å². The monoisotopic (exact) mass is 328 g/mol. The predicted octanol–water partition coefficient (Wildman–Crippen LogP) is 1.44. The number of hydrogen-bond donors (Lipinski definition) is 0. The Bertz CT molecular complexity index is 619. The molecule has 1 amide bonds. The molecule has 5 nitrogen and oxygen atoms in total. The van der Waals surface area contributed by atoms with Crippen molar-refractivity contribution >= 4 is 16.1 Å². The first-order valence-electron chi connectivity index (χ1n) is 7.18. The maximum Gasteiger partial charge on any atom is 0.302 e. The summed E-state index contributed by atoms with van der Waals surface area (Å²) in [5, 5.41) is 0. The molecule has 22 heavy (non-hydrogen) atoms. The van der Waals surface area contributed by atoms with Crippen LogP contribution >= 0.6 is 0 Å². The van der Waals surface area contributed by atoms with E-state index in [1.807, 2.05) is 49.3 Å². The van der Waals surface area contributed by atoms with Crippen molar-refractivity contribution in [3.05, 3.63) is 35.9 Å². The molecule has 1 heterocycles. The molecule has 1 aromatic carbocycles. The molecule has 0 radical (unpaired) electrons. The van der Waals surface area contributed by atoms with Crippen molar-refractivity contribution in [1.29, 1.82) is 0 Å². The van der Waals surface area contributed by atoms with Gasteiger partial charge in [0.15, 0.2) is 0 Å².